The predicted octanol–water partition coefficient (Wildman–Crippen LogP) is 7.46. The first-order valence-corrected chi connectivity index (χ1v) is 10.3. The minimum absolute atomic E-state index is 0.146. The van der Waals surface area contributed by atoms with Gasteiger partial charge in [0, 0.05) is 21.2 Å². The normalized spacial score (nSPS) is 13.0. The van der Waals surface area contributed by atoms with E-state index in [1.54, 1.807) is 0 Å². The second kappa shape index (κ2) is 7.28. The maximum atomic E-state index is 3.70. The zero-order chi connectivity index (χ0) is 18.9. The number of rotatable bonds is 4. The number of fused-ring (bicyclic) bond motifs is 1. The molecule has 0 aliphatic rings. The first kappa shape index (κ1) is 17.9. The summed E-state index contributed by atoms with van der Waals surface area (Å²) in [6.45, 7) is 6.89. The number of H-pyrrole nitrogens is 1. The van der Waals surface area contributed by atoms with Gasteiger partial charge in [-0.05, 0) is 17.2 Å². The summed E-state index contributed by atoms with van der Waals surface area (Å²) in [6.07, 6.45) is 0. The summed E-state index contributed by atoms with van der Waals surface area (Å²) >= 11 is 2.02. The van der Waals surface area contributed by atoms with Crippen molar-refractivity contribution in [3.63, 3.8) is 0 Å². The number of aromatic nitrogens is 1. The van der Waals surface area contributed by atoms with Crippen LogP contribution in [0.15, 0.2) is 84.9 Å². The molecular formula is C25H25NS. The molecule has 1 N–H and O–H groups in total. The Kier molecular flexibility index (Phi) is 4.84. The molecule has 136 valence electrons. The van der Waals surface area contributed by atoms with Gasteiger partial charge in [0.05, 0.1) is 10.9 Å². The summed E-state index contributed by atoms with van der Waals surface area (Å²) in [4.78, 5) is 3.70. The molecule has 1 heterocycles. The average molecular weight is 372 g/mol. The van der Waals surface area contributed by atoms with Crippen LogP contribution in [0.1, 0.15) is 37.1 Å². The molecule has 3 aromatic carbocycles. The van der Waals surface area contributed by atoms with Crippen molar-refractivity contribution in [3.8, 4) is 11.3 Å². The quantitative estimate of drug-likeness (QED) is 0.394. The summed E-state index contributed by atoms with van der Waals surface area (Å²) in [5.41, 5.74) is 6.38. The number of nitrogens with one attached hydrogen (secondary N) is 1. The molecule has 1 unspecified atom stereocenters. The zero-order valence-electron chi connectivity index (χ0n) is 16.1. The number of hydrogen-bond acceptors (Lipinski definition) is 1. The van der Waals surface area contributed by atoms with Gasteiger partial charge in [-0.1, -0.05) is 99.6 Å². The van der Waals surface area contributed by atoms with Crippen molar-refractivity contribution in [1.29, 1.82) is 0 Å². The number of thioether (sulfide) groups is 1. The van der Waals surface area contributed by atoms with E-state index < -0.39 is 0 Å². The second-order valence-corrected chi connectivity index (χ2v) is 9.78. The van der Waals surface area contributed by atoms with Crippen LogP contribution in [-0.2, 0) is 0 Å². The van der Waals surface area contributed by atoms with E-state index in [0.717, 1.165) is 0 Å². The van der Waals surface area contributed by atoms with Crippen molar-refractivity contribution < 1.29 is 0 Å². The van der Waals surface area contributed by atoms with E-state index >= 15 is 0 Å². The van der Waals surface area contributed by atoms with E-state index in [4.69, 9.17) is 0 Å². The molecule has 0 radical (unpaired) electrons. The molecule has 0 aliphatic carbocycles. The summed E-state index contributed by atoms with van der Waals surface area (Å²) in [6, 6.07) is 30.2. The van der Waals surface area contributed by atoms with Gasteiger partial charge in [-0.2, -0.15) is 0 Å². The van der Waals surface area contributed by atoms with Crippen LogP contribution in [0.25, 0.3) is 22.2 Å². The summed E-state index contributed by atoms with van der Waals surface area (Å²) in [5.74, 6) is 0. The lowest BCUT2D eigenvalue weighted by atomic mass is 9.98. The molecule has 0 amide bonds. The number of aromatic amines is 1. The molecule has 0 fully saturated rings. The monoisotopic (exact) mass is 371 g/mol. The number of benzene rings is 3. The highest BCUT2D eigenvalue weighted by atomic mass is 32.2. The van der Waals surface area contributed by atoms with Crippen LogP contribution < -0.4 is 0 Å². The largest absolute Gasteiger partial charge is 0.354 e. The predicted molar refractivity (Wildman–Crippen MR) is 119 cm³/mol. The van der Waals surface area contributed by atoms with E-state index in [1.807, 2.05) is 11.8 Å². The van der Waals surface area contributed by atoms with Gasteiger partial charge in [0.2, 0.25) is 0 Å². The second-order valence-electron chi connectivity index (χ2n) is 7.85. The van der Waals surface area contributed by atoms with Crippen LogP contribution in [0.4, 0.5) is 0 Å². The van der Waals surface area contributed by atoms with Crippen molar-refractivity contribution in [3.05, 3.63) is 96.1 Å². The SMILES string of the molecule is CC(C)(C)SC(c1ccccc1)c1c(-c2ccccc2)[nH]c2ccccc12. The fourth-order valence-electron chi connectivity index (χ4n) is 3.54. The van der Waals surface area contributed by atoms with Crippen LogP contribution in [0.2, 0.25) is 0 Å². The van der Waals surface area contributed by atoms with Crippen molar-refractivity contribution in [2.24, 2.45) is 0 Å². The smallest absolute Gasteiger partial charge is 0.0579 e. The van der Waals surface area contributed by atoms with Gasteiger partial charge in [0.1, 0.15) is 0 Å². The van der Waals surface area contributed by atoms with Crippen molar-refractivity contribution in [2.45, 2.75) is 30.8 Å². The van der Waals surface area contributed by atoms with Gasteiger partial charge in [-0.3, -0.25) is 0 Å². The Morgan fingerprint density at radius 1 is 0.741 bits per heavy atom. The third kappa shape index (κ3) is 3.81. The lowest BCUT2D eigenvalue weighted by molar-refractivity contribution is 0.797. The Balaban J connectivity index is 1.99. The fourth-order valence-corrected chi connectivity index (χ4v) is 4.91. The highest BCUT2D eigenvalue weighted by molar-refractivity contribution is 8.01. The molecule has 0 spiro atoms. The lowest BCUT2D eigenvalue weighted by Crippen LogP contribution is -2.12. The Bertz CT molecular complexity index is 1030. The minimum atomic E-state index is 0.146. The first-order valence-electron chi connectivity index (χ1n) is 9.42. The van der Waals surface area contributed by atoms with Crippen LogP contribution in [0.3, 0.4) is 0 Å². The molecule has 4 aromatic rings. The average Bonchev–Trinajstić information content (AvgIpc) is 3.06. The van der Waals surface area contributed by atoms with Crippen molar-refractivity contribution in [1.82, 2.24) is 4.98 Å². The summed E-state index contributed by atoms with van der Waals surface area (Å²) < 4.78 is 0.146. The molecular weight excluding hydrogens is 346 g/mol. The van der Waals surface area contributed by atoms with Crippen molar-refractivity contribution >= 4 is 22.7 Å². The van der Waals surface area contributed by atoms with Crippen LogP contribution in [0.5, 0.6) is 0 Å². The molecule has 0 saturated heterocycles. The van der Waals surface area contributed by atoms with Gasteiger partial charge < -0.3 is 4.98 Å². The Morgan fingerprint density at radius 3 is 2.00 bits per heavy atom. The highest BCUT2D eigenvalue weighted by Crippen LogP contribution is 2.48. The Labute approximate surface area is 165 Å². The maximum absolute atomic E-state index is 3.70. The molecule has 0 saturated carbocycles. The molecule has 1 aromatic heterocycles. The van der Waals surface area contributed by atoms with Crippen molar-refractivity contribution in [2.75, 3.05) is 0 Å². The van der Waals surface area contributed by atoms with Crippen LogP contribution in [-0.4, -0.2) is 9.73 Å². The van der Waals surface area contributed by atoms with Gasteiger partial charge in [-0.15, -0.1) is 11.8 Å². The Morgan fingerprint density at radius 2 is 1.33 bits per heavy atom. The highest BCUT2D eigenvalue weighted by Gasteiger charge is 2.27. The number of para-hydroxylation sites is 1. The molecule has 1 atom stereocenters. The van der Waals surface area contributed by atoms with Gasteiger partial charge in [0.15, 0.2) is 0 Å². The molecule has 1 nitrogen and oxygen atoms in total. The maximum Gasteiger partial charge on any atom is 0.0579 e. The fraction of sp³-hybridized carbons (Fsp3) is 0.200. The van der Waals surface area contributed by atoms with Crippen LogP contribution >= 0.6 is 11.8 Å². The van der Waals surface area contributed by atoms with E-state index in [1.165, 1.54) is 33.3 Å². The Hall–Kier alpha value is -2.45. The summed E-state index contributed by atoms with van der Waals surface area (Å²) in [7, 11) is 0. The standard InChI is InChI=1S/C25H25NS/c1-25(2,3)27-24(19-14-8-5-9-15-19)22-20-16-10-11-17-21(20)26-23(22)18-12-6-4-7-13-18/h4-17,24,26H,1-3H3. The van der Waals surface area contributed by atoms with Gasteiger partial charge in [0.25, 0.3) is 0 Å². The van der Waals surface area contributed by atoms with Gasteiger partial charge in [-0.25, -0.2) is 0 Å². The summed E-state index contributed by atoms with van der Waals surface area (Å²) in [5, 5.41) is 1.57. The van der Waals surface area contributed by atoms with Gasteiger partial charge >= 0.3 is 0 Å². The lowest BCUT2D eigenvalue weighted by Gasteiger charge is -2.27. The molecule has 4 rings (SSSR count). The van der Waals surface area contributed by atoms with E-state index in [-0.39, 0.29) is 10.00 Å². The third-order valence-electron chi connectivity index (χ3n) is 4.64. The van der Waals surface area contributed by atoms with E-state index in [9.17, 15) is 0 Å². The molecule has 0 aliphatic heterocycles. The van der Waals surface area contributed by atoms with E-state index in [2.05, 4.69) is 111 Å². The van der Waals surface area contributed by atoms with Crippen LogP contribution in [0, 0.1) is 0 Å². The topological polar surface area (TPSA) is 15.8 Å². The zero-order valence-corrected chi connectivity index (χ0v) is 16.9. The minimum Gasteiger partial charge on any atom is -0.354 e. The first-order chi connectivity index (χ1) is 13.0. The van der Waals surface area contributed by atoms with E-state index in [0.29, 0.717) is 0 Å². The molecule has 0 bridgehead atoms. The molecule has 2 heteroatoms. The number of hydrogen-bond donors (Lipinski definition) is 1. The third-order valence-corrected chi connectivity index (χ3v) is 6.10. The molecule has 27 heavy (non-hydrogen) atoms.